The van der Waals surface area contributed by atoms with E-state index in [0.29, 0.717) is 0 Å². The number of fused-ring (bicyclic) bond motifs is 7. The van der Waals surface area contributed by atoms with Gasteiger partial charge in [-0.15, -0.1) is 0 Å². The highest BCUT2D eigenvalue weighted by molar-refractivity contribution is 7.20. The fourth-order valence-electron chi connectivity index (χ4n) is 10.4. The molecule has 0 N–H and O–H groups in total. The largest absolute Gasteiger partial charge is 0.457 e. The van der Waals surface area contributed by atoms with Gasteiger partial charge in [-0.2, -0.15) is 0 Å². The van der Waals surface area contributed by atoms with Crippen molar-refractivity contribution in [2.75, 3.05) is 0 Å². The number of ether oxygens (including phenoxy) is 2. The van der Waals surface area contributed by atoms with Crippen LogP contribution in [-0.2, 0) is 5.41 Å². The van der Waals surface area contributed by atoms with Crippen LogP contribution in [0.25, 0.3) is 49.7 Å². The van der Waals surface area contributed by atoms with E-state index < -0.39 is 8.07 Å². The van der Waals surface area contributed by atoms with E-state index in [1.54, 1.807) is 0 Å². The molecule has 0 unspecified atom stereocenters. The summed E-state index contributed by atoms with van der Waals surface area (Å²) in [5.74, 6) is 3.54. The normalized spacial score (nSPS) is 14.3. The minimum atomic E-state index is -2.89. The van der Waals surface area contributed by atoms with Crippen LogP contribution < -0.4 is 30.2 Å². The zero-order valence-electron chi connectivity index (χ0n) is 34.0. The minimum Gasteiger partial charge on any atom is -0.457 e. The molecule has 61 heavy (non-hydrogen) atoms. The molecule has 1 aromatic heterocycles. The van der Waals surface area contributed by atoms with Gasteiger partial charge >= 0.3 is 0 Å². The van der Waals surface area contributed by atoms with Crippen molar-refractivity contribution in [3.63, 3.8) is 0 Å². The van der Waals surface area contributed by atoms with E-state index in [1.807, 2.05) is 0 Å². The molecular weight excluding hydrogens is 759 g/mol. The first-order valence-electron chi connectivity index (χ1n) is 21.1. The van der Waals surface area contributed by atoms with E-state index in [-0.39, 0.29) is 5.41 Å². The van der Waals surface area contributed by atoms with Crippen LogP contribution in [0, 0.1) is 0 Å². The van der Waals surface area contributed by atoms with Crippen LogP contribution in [0.1, 0.15) is 25.0 Å². The quantitative estimate of drug-likeness (QED) is 0.162. The predicted octanol–water partition coefficient (Wildman–Crippen LogP) is 12.0. The van der Waals surface area contributed by atoms with Gasteiger partial charge in [-0.1, -0.05) is 178 Å². The first kappa shape index (κ1) is 35.5. The van der Waals surface area contributed by atoms with Crippen LogP contribution >= 0.6 is 0 Å². The highest BCUT2D eigenvalue weighted by Gasteiger charge is 2.49. The van der Waals surface area contributed by atoms with Crippen LogP contribution in [0.4, 0.5) is 0 Å². The summed E-state index contributed by atoms with van der Waals surface area (Å²) in [6.45, 7) is 4.65. The molecule has 0 fully saturated rings. The molecule has 0 bridgehead atoms. The molecule has 2 aliphatic heterocycles. The second-order valence-electron chi connectivity index (χ2n) is 16.8. The molecular formula is C57H41NO2Si. The van der Waals surface area contributed by atoms with Crippen molar-refractivity contribution in [2.45, 2.75) is 19.3 Å². The monoisotopic (exact) mass is 799 g/mol. The van der Waals surface area contributed by atoms with Crippen molar-refractivity contribution < 1.29 is 9.47 Å². The maximum atomic E-state index is 7.25. The summed E-state index contributed by atoms with van der Waals surface area (Å²) in [4.78, 5) is 0. The van der Waals surface area contributed by atoms with E-state index in [1.165, 1.54) is 48.1 Å². The highest BCUT2D eigenvalue weighted by Crippen LogP contribution is 2.54. The van der Waals surface area contributed by atoms with Gasteiger partial charge in [-0.25, -0.2) is 0 Å². The second-order valence-corrected chi connectivity index (χ2v) is 20.5. The smallest absolute Gasteiger partial charge is 0.188 e. The van der Waals surface area contributed by atoms with E-state index in [2.05, 4.69) is 231 Å². The van der Waals surface area contributed by atoms with E-state index >= 15 is 0 Å². The average Bonchev–Trinajstić information content (AvgIpc) is 3.65. The Labute approximate surface area is 356 Å². The van der Waals surface area contributed by atoms with Gasteiger partial charge in [0.05, 0.1) is 11.0 Å². The van der Waals surface area contributed by atoms with Gasteiger partial charge in [0.2, 0.25) is 0 Å². The summed E-state index contributed by atoms with van der Waals surface area (Å²) in [5.41, 5.74) is 9.74. The lowest BCUT2D eigenvalue weighted by atomic mass is 9.74. The molecule has 290 valence electrons. The van der Waals surface area contributed by atoms with Gasteiger partial charge in [-0.05, 0) is 80.4 Å². The molecule has 2 aliphatic rings. The molecule has 0 radical (unpaired) electrons. The molecule has 3 heterocycles. The maximum Gasteiger partial charge on any atom is 0.188 e. The zero-order chi connectivity index (χ0) is 40.7. The zero-order valence-corrected chi connectivity index (χ0v) is 35.0. The minimum absolute atomic E-state index is 0.353. The molecule has 3 nitrogen and oxygen atoms in total. The predicted molar refractivity (Wildman–Crippen MR) is 254 cm³/mol. The fraction of sp³-hybridized carbons (Fsp3) is 0.0526. The molecule has 9 aromatic carbocycles. The van der Waals surface area contributed by atoms with Gasteiger partial charge in [0.15, 0.2) is 8.07 Å². The van der Waals surface area contributed by atoms with Crippen LogP contribution in [0.5, 0.6) is 23.0 Å². The van der Waals surface area contributed by atoms with E-state index in [4.69, 9.17) is 9.47 Å². The van der Waals surface area contributed by atoms with Crippen molar-refractivity contribution in [1.29, 1.82) is 0 Å². The Morgan fingerprint density at radius 2 is 0.984 bits per heavy atom. The second kappa shape index (κ2) is 13.6. The van der Waals surface area contributed by atoms with Crippen LogP contribution in [0.3, 0.4) is 0 Å². The van der Waals surface area contributed by atoms with Crippen LogP contribution in [0.2, 0.25) is 0 Å². The van der Waals surface area contributed by atoms with Crippen molar-refractivity contribution in [1.82, 2.24) is 4.57 Å². The van der Waals surface area contributed by atoms with E-state index in [9.17, 15) is 0 Å². The lowest BCUT2D eigenvalue weighted by Crippen LogP contribution is -2.76. The van der Waals surface area contributed by atoms with Crippen molar-refractivity contribution in [3.8, 4) is 50.9 Å². The van der Waals surface area contributed by atoms with Crippen LogP contribution in [0.15, 0.2) is 212 Å². The molecule has 0 saturated carbocycles. The first-order chi connectivity index (χ1) is 30.0. The molecule has 4 heteroatoms. The number of benzene rings is 9. The molecule has 0 saturated heterocycles. The Kier molecular flexibility index (Phi) is 7.90. The molecule has 12 rings (SSSR count). The molecule has 0 aliphatic carbocycles. The van der Waals surface area contributed by atoms with Gasteiger partial charge < -0.3 is 14.0 Å². The molecule has 0 spiro atoms. The number of rotatable bonds is 5. The molecule has 0 atom stereocenters. The van der Waals surface area contributed by atoms with Gasteiger partial charge in [0.1, 0.15) is 23.0 Å². The number of hydrogen-bond donors (Lipinski definition) is 0. The number of hydrogen-bond acceptors (Lipinski definition) is 2. The highest BCUT2D eigenvalue weighted by atomic mass is 28.3. The van der Waals surface area contributed by atoms with Crippen molar-refractivity contribution >= 4 is 50.6 Å². The molecule has 0 amide bonds. The first-order valence-corrected chi connectivity index (χ1v) is 23.1. The Balaban J connectivity index is 1.13. The SMILES string of the molecule is CC1(C)c2ccccc2Oc2c(-c3cccc4c3Oc3ccccc3[Si]4(c3ccccc3)c3ccccc3)cc(-c3cccc(-n4c5ccccc5c5ccccc54)c3)cc21. The Morgan fingerprint density at radius 1 is 0.410 bits per heavy atom. The van der Waals surface area contributed by atoms with Gasteiger partial charge in [0.25, 0.3) is 0 Å². The topological polar surface area (TPSA) is 23.4 Å². The van der Waals surface area contributed by atoms with Crippen molar-refractivity contribution in [2.24, 2.45) is 0 Å². The van der Waals surface area contributed by atoms with Crippen LogP contribution in [-0.4, -0.2) is 12.6 Å². The lowest BCUT2D eigenvalue weighted by Gasteiger charge is -2.40. The van der Waals surface area contributed by atoms with E-state index in [0.717, 1.165) is 56.5 Å². The lowest BCUT2D eigenvalue weighted by molar-refractivity contribution is 0.419. The van der Waals surface area contributed by atoms with Gasteiger partial charge in [-0.3, -0.25) is 0 Å². The van der Waals surface area contributed by atoms with Crippen molar-refractivity contribution in [3.05, 3.63) is 223 Å². The summed E-state index contributed by atoms with van der Waals surface area (Å²) in [6.07, 6.45) is 0. The maximum absolute atomic E-state index is 7.25. The number of para-hydroxylation sites is 5. The van der Waals surface area contributed by atoms with Gasteiger partial charge in [0, 0.05) is 44.1 Å². The third-order valence-corrected chi connectivity index (χ3v) is 18.0. The Morgan fingerprint density at radius 3 is 1.70 bits per heavy atom. The molecule has 10 aromatic rings. The number of aromatic nitrogens is 1. The number of nitrogens with zero attached hydrogens (tertiary/aromatic N) is 1. The Hall–Kier alpha value is -7.40. The third kappa shape index (κ3) is 5.22. The summed E-state index contributed by atoms with van der Waals surface area (Å²) < 4.78 is 16.7. The Bertz CT molecular complexity index is 3250. The standard InChI is InChI=1S/C57H41NO2Si/c1-57(2)47-28-11-14-31-51(47)59-55-46(36-39(37-48(55)57)38-19-17-20-40(35-38)58-49-29-12-9-25-43(49)44-26-10-13-30-50(44)58)45-27-18-34-54-56(45)60-52-32-15-16-33-53(52)61(54,41-21-5-3-6-22-41)42-23-7-4-8-24-42/h3-37H,1-2H3. The summed E-state index contributed by atoms with van der Waals surface area (Å²) in [5, 5.41) is 7.61. The summed E-state index contributed by atoms with van der Waals surface area (Å²) in [6, 6.07) is 77.2. The third-order valence-electron chi connectivity index (χ3n) is 13.2. The fourth-order valence-corrected chi connectivity index (χ4v) is 15.3. The average molecular weight is 800 g/mol. The summed E-state index contributed by atoms with van der Waals surface area (Å²) in [7, 11) is -2.89. The summed E-state index contributed by atoms with van der Waals surface area (Å²) >= 11 is 0.